The number of hydrogen-bond donors (Lipinski definition) is 2. The van der Waals surface area contributed by atoms with E-state index < -0.39 is 11.3 Å². The maximum atomic E-state index is 14.5. The van der Waals surface area contributed by atoms with E-state index in [1.807, 2.05) is 36.4 Å². The molecule has 1 saturated heterocycles. The number of nitrogens with one attached hydrogen (secondary N) is 1. The molecule has 0 saturated carbocycles. The standard InChI is InChI=1S/C34H46N2O4/c1-32(2,3)23-11-13-29(37)26(21-23)34(25-9-7-8-10-28(25)35-31(34)38)27-22-24(33(4,5)6)12-14-30(27)40-20-17-36-15-18-39-19-16-36/h7-10,12-14,22-23,26,37H,11,15-21H2,1-6H3,(H,35,38). The Balaban J connectivity index is 1.66. The van der Waals surface area contributed by atoms with Crippen LogP contribution in [0.25, 0.3) is 0 Å². The summed E-state index contributed by atoms with van der Waals surface area (Å²) in [5, 5.41) is 14.8. The number of ether oxygens (including phenoxy) is 2. The second kappa shape index (κ2) is 10.9. The Kier molecular flexibility index (Phi) is 7.79. The lowest BCUT2D eigenvalue weighted by atomic mass is 9.58. The van der Waals surface area contributed by atoms with Crippen LogP contribution in [0.4, 0.5) is 5.69 Å². The van der Waals surface area contributed by atoms with E-state index >= 15 is 0 Å². The summed E-state index contributed by atoms with van der Waals surface area (Å²) < 4.78 is 12.1. The first-order valence-corrected chi connectivity index (χ1v) is 14.8. The second-order valence-electron chi connectivity index (χ2n) is 13.8. The molecule has 3 aliphatic rings. The summed E-state index contributed by atoms with van der Waals surface area (Å²) >= 11 is 0. The molecular weight excluding hydrogens is 500 g/mol. The zero-order valence-corrected chi connectivity index (χ0v) is 25.0. The fraction of sp³-hybridized carbons (Fsp3) is 0.559. The van der Waals surface area contributed by atoms with Crippen LogP contribution in [0.15, 0.2) is 54.3 Å². The molecule has 0 spiro atoms. The molecule has 40 heavy (non-hydrogen) atoms. The highest BCUT2D eigenvalue weighted by molar-refractivity contribution is 6.09. The molecule has 1 fully saturated rings. The Bertz CT molecular complexity index is 1270. The van der Waals surface area contributed by atoms with Gasteiger partial charge in [0.2, 0.25) is 5.91 Å². The average Bonchev–Trinajstić information content (AvgIpc) is 3.20. The van der Waals surface area contributed by atoms with Gasteiger partial charge in [-0.1, -0.05) is 71.9 Å². The molecule has 2 aliphatic heterocycles. The van der Waals surface area contributed by atoms with Gasteiger partial charge in [0.1, 0.15) is 17.8 Å². The van der Waals surface area contributed by atoms with Crippen LogP contribution in [0.1, 0.15) is 71.1 Å². The van der Waals surface area contributed by atoms with Crippen molar-refractivity contribution in [3.8, 4) is 5.75 Å². The van der Waals surface area contributed by atoms with Crippen molar-refractivity contribution in [1.82, 2.24) is 4.90 Å². The van der Waals surface area contributed by atoms with Gasteiger partial charge in [-0.3, -0.25) is 9.69 Å². The normalized spacial score (nSPS) is 25.8. The number of rotatable bonds is 6. The molecule has 6 heteroatoms. The number of aliphatic hydroxyl groups is 1. The Morgan fingerprint density at radius 1 is 1.05 bits per heavy atom. The minimum Gasteiger partial charge on any atom is -0.512 e. The van der Waals surface area contributed by atoms with Crippen molar-refractivity contribution in [1.29, 1.82) is 0 Å². The topological polar surface area (TPSA) is 71.0 Å². The van der Waals surface area contributed by atoms with Gasteiger partial charge >= 0.3 is 0 Å². The highest BCUT2D eigenvalue weighted by Gasteiger charge is 2.57. The molecular formula is C34H46N2O4. The number of carbonyl (C=O) groups excluding carboxylic acids is 1. The van der Waals surface area contributed by atoms with Crippen LogP contribution in [0.3, 0.4) is 0 Å². The van der Waals surface area contributed by atoms with Gasteiger partial charge < -0.3 is 19.9 Å². The van der Waals surface area contributed by atoms with Crippen molar-refractivity contribution < 1.29 is 19.4 Å². The van der Waals surface area contributed by atoms with Gasteiger partial charge in [-0.15, -0.1) is 0 Å². The smallest absolute Gasteiger partial charge is 0.240 e. The summed E-state index contributed by atoms with van der Waals surface area (Å²) in [5.74, 6) is 0.817. The quantitative estimate of drug-likeness (QED) is 0.436. The van der Waals surface area contributed by atoms with Crippen molar-refractivity contribution in [3.05, 3.63) is 71.0 Å². The molecule has 0 radical (unpaired) electrons. The van der Waals surface area contributed by atoms with E-state index in [9.17, 15) is 9.90 Å². The first kappa shape index (κ1) is 28.7. The van der Waals surface area contributed by atoms with Crippen LogP contribution in [0, 0.1) is 17.3 Å². The third-order valence-electron chi connectivity index (χ3n) is 9.23. The monoisotopic (exact) mass is 546 g/mol. The average molecular weight is 547 g/mol. The fourth-order valence-electron chi connectivity index (χ4n) is 6.63. The largest absolute Gasteiger partial charge is 0.512 e. The summed E-state index contributed by atoms with van der Waals surface area (Å²) in [6.45, 7) is 17.9. The molecule has 3 unspecified atom stereocenters. The number of carbonyl (C=O) groups is 1. The zero-order valence-electron chi connectivity index (χ0n) is 25.0. The molecule has 0 aromatic heterocycles. The van der Waals surface area contributed by atoms with E-state index in [0.717, 1.165) is 61.6 Å². The van der Waals surface area contributed by atoms with E-state index in [0.29, 0.717) is 30.5 Å². The van der Waals surface area contributed by atoms with E-state index in [1.54, 1.807) is 0 Å². The van der Waals surface area contributed by atoms with Crippen molar-refractivity contribution in [3.63, 3.8) is 0 Å². The molecule has 1 amide bonds. The Morgan fingerprint density at radius 3 is 2.48 bits per heavy atom. The van der Waals surface area contributed by atoms with Crippen LogP contribution in [0.2, 0.25) is 0 Å². The number of anilines is 1. The third-order valence-corrected chi connectivity index (χ3v) is 9.23. The number of hydrogen-bond acceptors (Lipinski definition) is 5. The molecule has 3 atom stereocenters. The van der Waals surface area contributed by atoms with Crippen LogP contribution < -0.4 is 10.1 Å². The first-order valence-electron chi connectivity index (χ1n) is 14.8. The Morgan fingerprint density at radius 2 is 1.77 bits per heavy atom. The second-order valence-corrected chi connectivity index (χ2v) is 13.8. The number of allylic oxidation sites excluding steroid dienone is 2. The molecule has 216 valence electrons. The highest BCUT2D eigenvalue weighted by atomic mass is 16.5. The minimum atomic E-state index is -1.11. The van der Waals surface area contributed by atoms with Gasteiger partial charge in [-0.25, -0.2) is 0 Å². The van der Waals surface area contributed by atoms with Crippen LogP contribution in [-0.2, 0) is 20.4 Å². The summed E-state index contributed by atoms with van der Waals surface area (Å²) in [4.78, 5) is 16.8. The number of amides is 1. The SMILES string of the molecule is CC(C)(C)c1ccc(OCCN2CCOCC2)c(C2(C3CC(C(C)(C)C)CC=C3O)C(=O)Nc3ccccc32)c1. The number of benzene rings is 2. The van der Waals surface area contributed by atoms with Gasteiger partial charge in [-0.2, -0.15) is 0 Å². The van der Waals surface area contributed by atoms with E-state index in [1.165, 1.54) is 0 Å². The summed E-state index contributed by atoms with van der Waals surface area (Å²) in [6.07, 6.45) is 3.46. The molecule has 5 rings (SSSR count). The molecule has 2 N–H and O–H groups in total. The molecule has 2 heterocycles. The lowest BCUT2D eigenvalue weighted by molar-refractivity contribution is -0.121. The molecule has 6 nitrogen and oxygen atoms in total. The Labute approximate surface area is 239 Å². The fourth-order valence-corrected chi connectivity index (χ4v) is 6.63. The van der Waals surface area contributed by atoms with Crippen LogP contribution in [0.5, 0.6) is 5.75 Å². The van der Waals surface area contributed by atoms with Crippen LogP contribution >= 0.6 is 0 Å². The van der Waals surface area contributed by atoms with Gasteiger partial charge in [0.15, 0.2) is 0 Å². The predicted octanol–water partition coefficient (Wildman–Crippen LogP) is 6.45. The van der Waals surface area contributed by atoms with E-state index in [4.69, 9.17) is 9.47 Å². The maximum Gasteiger partial charge on any atom is 0.240 e. The molecule has 1 aliphatic carbocycles. The number of para-hydroxylation sites is 1. The Hall–Kier alpha value is -2.83. The summed E-state index contributed by atoms with van der Waals surface area (Å²) in [5.41, 5.74) is 2.47. The predicted molar refractivity (Wildman–Crippen MR) is 160 cm³/mol. The van der Waals surface area contributed by atoms with Gasteiger partial charge in [0.25, 0.3) is 0 Å². The van der Waals surface area contributed by atoms with Crippen molar-refractivity contribution in [2.24, 2.45) is 17.3 Å². The van der Waals surface area contributed by atoms with Crippen molar-refractivity contribution in [2.45, 2.75) is 65.2 Å². The number of aliphatic hydroxyl groups excluding tert-OH is 1. The lowest BCUT2D eigenvalue weighted by Crippen LogP contribution is -2.47. The maximum absolute atomic E-state index is 14.5. The summed E-state index contributed by atoms with van der Waals surface area (Å²) in [7, 11) is 0. The van der Waals surface area contributed by atoms with Crippen molar-refractivity contribution in [2.75, 3.05) is 44.8 Å². The van der Waals surface area contributed by atoms with Crippen molar-refractivity contribution >= 4 is 11.6 Å². The van der Waals surface area contributed by atoms with E-state index in [-0.39, 0.29) is 16.7 Å². The molecule has 2 aromatic rings. The lowest BCUT2D eigenvalue weighted by Gasteiger charge is -2.44. The molecule has 2 aromatic carbocycles. The number of morpholine rings is 1. The van der Waals surface area contributed by atoms with Gasteiger partial charge in [0.05, 0.1) is 19.0 Å². The van der Waals surface area contributed by atoms with Gasteiger partial charge in [0, 0.05) is 36.8 Å². The summed E-state index contributed by atoms with van der Waals surface area (Å²) in [6, 6.07) is 14.3. The van der Waals surface area contributed by atoms with Gasteiger partial charge in [-0.05, 0) is 58.9 Å². The van der Waals surface area contributed by atoms with E-state index in [2.05, 4.69) is 63.9 Å². The van der Waals surface area contributed by atoms with Crippen LogP contribution in [-0.4, -0.2) is 55.4 Å². The first-order chi connectivity index (χ1) is 18.9. The molecule has 0 bridgehead atoms. The zero-order chi connectivity index (χ0) is 28.7. The third kappa shape index (κ3) is 5.28. The number of fused-ring (bicyclic) bond motifs is 1. The number of nitrogens with zero attached hydrogens (tertiary/aromatic N) is 1. The minimum absolute atomic E-state index is 0.0377. The highest BCUT2D eigenvalue weighted by Crippen LogP contribution is 2.56.